The van der Waals surface area contributed by atoms with Gasteiger partial charge in [0.2, 0.25) is 0 Å². The summed E-state index contributed by atoms with van der Waals surface area (Å²) in [6.07, 6.45) is 3.81. The van der Waals surface area contributed by atoms with Crippen LogP contribution >= 0.6 is 0 Å². The zero-order valence-corrected chi connectivity index (χ0v) is 11.3. The van der Waals surface area contributed by atoms with Gasteiger partial charge in [0.15, 0.2) is 0 Å². The Labute approximate surface area is 104 Å². The van der Waals surface area contributed by atoms with E-state index in [1.165, 1.54) is 0 Å². The van der Waals surface area contributed by atoms with Crippen LogP contribution < -0.4 is 5.32 Å². The van der Waals surface area contributed by atoms with Crippen LogP contribution in [0.4, 0.5) is 0 Å². The molecule has 0 saturated heterocycles. The minimum atomic E-state index is 0.263. The van der Waals surface area contributed by atoms with Crippen molar-refractivity contribution in [3.8, 4) is 0 Å². The molecule has 5 heteroatoms. The molecular weight excluding hydrogens is 216 g/mol. The summed E-state index contributed by atoms with van der Waals surface area (Å²) in [5.74, 6) is 1.03. The van der Waals surface area contributed by atoms with Crippen LogP contribution in [-0.2, 0) is 17.7 Å². The van der Waals surface area contributed by atoms with Gasteiger partial charge in [-0.15, -0.1) is 0 Å². The molecule has 0 spiro atoms. The Hall–Kier alpha value is -0.940. The maximum Gasteiger partial charge on any atom is 0.138 e. The van der Waals surface area contributed by atoms with Gasteiger partial charge in [0.1, 0.15) is 12.2 Å². The maximum absolute atomic E-state index is 5.62. The number of aryl methyl sites for hydroxylation is 1. The topological polar surface area (TPSA) is 52.0 Å². The lowest BCUT2D eigenvalue weighted by atomic mass is 10.2. The summed E-state index contributed by atoms with van der Waals surface area (Å²) in [6.45, 7) is 7.87. The molecule has 0 aliphatic carbocycles. The summed E-state index contributed by atoms with van der Waals surface area (Å²) in [6, 6.07) is 0.289. The minimum absolute atomic E-state index is 0.263. The van der Waals surface area contributed by atoms with E-state index in [1.54, 1.807) is 6.33 Å². The van der Waals surface area contributed by atoms with Crippen LogP contribution in [0.15, 0.2) is 6.33 Å². The van der Waals surface area contributed by atoms with E-state index in [0.717, 1.165) is 25.2 Å². The lowest BCUT2D eigenvalue weighted by Gasteiger charge is -2.17. The second kappa shape index (κ2) is 7.40. The average molecular weight is 240 g/mol. The summed E-state index contributed by atoms with van der Waals surface area (Å²) in [4.78, 5) is 4.31. The number of rotatable bonds is 8. The Morgan fingerprint density at radius 1 is 1.47 bits per heavy atom. The average Bonchev–Trinajstić information content (AvgIpc) is 2.72. The fourth-order valence-corrected chi connectivity index (χ4v) is 1.62. The molecule has 98 valence electrons. The molecule has 0 aliphatic rings. The number of likely N-dealkylation sites (N-methyl/N-ethyl adjacent to an activating group) is 1. The van der Waals surface area contributed by atoms with Crippen molar-refractivity contribution < 1.29 is 4.74 Å². The number of aromatic nitrogens is 3. The van der Waals surface area contributed by atoms with Gasteiger partial charge >= 0.3 is 0 Å². The molecule has 0 amide bonds. The molecule has 17 heavy (non-hydrogen) atoms. The van der Waals surface area contributed by atoms with Gasteiger partial charge in [-0.25, -0.2) is 4.98 Å². The maximum atomic E-state index is 5.62. The molecule has 1 unspecified atom stereocenters. The lowest BCUT2D eigenvalue weighted by molar-refractivity contribution is 0.0622. The highest BCUT2D eigenvalue weighted by molar-refractivity contribution is 4.89. The number of hydrogen-bond donors (Lipinski definition) is 1. The molecule has 0 aliphatic heterocycles. The molecule has 0 aromatic carbocycles. The quantitative estimate of drug-likeness (QED) is 0.743. The Morgan fingerprint density at radius 2 is 2.24 bits per heavy atom. The van der Waals surface area contributed by atoms with Crippen molar-refractivity contribution in [1.82, 2.24) is 20.1 Å². The zero-order valence-electron chi connectivity index (χ0n) is 11.3. The number of hydrogen-bond acceptors (Lipinski definition) is 4. The van der Waals surface area contributed by atoms with Gasteiger partial charge in [0, 0.05) is 19.0 Å². The van der Waals surface area contributed by atoms with E-state index >= 15 is 0 Å². The van der Waals surface area contributed by atoms with Gasteiger partial charge in [-0.2, -0.15) is 5.10 Å². The zero-order chi connectivity index (χ0) is 12.7. The van der Waals surface area contributed by atoms with Gasteiger partial charge in [-0.1, -0.05) is 6.92 Å². The smallest absolute Gasteiger partial charge is 0.138 e. The Balaban J connectivity index is 2.51. The van der Waals surface area contributed by atoms with E-state index in [4.69, 9.17) is 4.74 Å². The van der Waals surface area contributed by atoms with Crippen molar-refractivity contribution >= 4 is 0 Å². The Morgan fingerprint density at radius 3 is 2.82 bits per heavy atom. The van der Waals surface area contributed by atoms with Crippen molar-refractivity contribution in [2.75, 3.05) is 13.7 Å². The molecule has 0 radical (unpaired) electrons. The third kappa shape index (κ3) is 4.83. The standard InChI is InChI=1S/C12H24N4O/c1-5-6-16-12(14-9-15-16)7-11(13-4)8-17-10(2)3/h9-11,13H,5-8H2,1-4H3. The van der Waals surface area contributed by atoms with E-state index in [2.05, 4.69) is 22.3 Å². The molecule has 1 aromatic rings. The predicted octanol–water partition coefficient (Wildman–Crippen LogP) is 1.24. The van der Waals surface area contributed by atoms with Crippen molar-refractivity contribution in [3.63, 3.8) is 0 Å². The third-order valence-electron chi connectivity index (χ3n) is 2.60. The second-order valence-electron chi connectivity index (χ2n) is 4.47. The molecule has 0 fully saturated rings. The SMILES string of the molecule is CCCn1ncnc1CC(COC(C)C)NC. The van der Waals surface area contributed by atoms with Gasteiger partial charge < -0.3 is 10.1 Å². The largest absolute Gasteiger partial charge is 0.377 e. The first-order valence-electron chi connectivity index (χ1n) is 6.32. The summed E-state index contributed by atoms with van der Waals surface area (Å²) in [7, 11) is 1.95. The highest BCUT2D eigenvalue weighted by Gasteiger charge is 2.12. The predicted molar refractivity (Wildman–Crippen MR) is 68.0 cm³/mol. The van der Waals surface area contributed by atoms with Gasteiger partial charge in [0.05, 0.1) is 12.7 Å². The molecule has 0 saturated carbocycles. The minimum Gasteiger partial charge on any atom is -0.377 e. The summed E-state index contributed by atoms with van der Waals surface area (Å²) < 4.78 is 7.60. The normalized spacial score (nSPS) is 13.2. The van der Waals surface area contributed by atoms with E-state index < -0.39 is 0 Å². The van der Waals surface area contributed by atoms with E-state index in [1.807, 2.05) is 25.6 Å². The van der Waals surface area contributed by atoms with Crippen molar-refractivity contribution in [3.05, 3.63) is 12.2 Å². The number of nitrogens with zero attached hydrogens (tertiary/aromatic N) is 3. The third-order valence-corrected chi connectivity index (χ3v) is 2.60. The van der Waals surface area contributed by atoms with Gasteiger partial charge in [-0.3, -0.25) is 4.68 Å². The monoisotopic (exact) mass is 240 g/mol. The van der Waals surface area contributed by atoms with Crippen LogP contribution in [0.3, 0.4) is 0 Å². The van der Waals surface area contributed by atoms with E-state index in [0.29, 0.717) is 6.61 Å². The van der Waals surface area contributed by atoms with Crippen molar-refractivity contribution in [2.45, 2.75) is 52.3 Å². The highest BCUT2D eigenvalue weighted by Crippen LogP contribution is 2.02. The molecule has 1 atom stereocenters. The molecule has 1 heterocycles. The molecule has 1 N–H and O–H groups in total. The van der Waals surface area contributed by atoms with Crippen LogP contribution in [-0.4, -0.2) is 40.6 Å². The highest BCUT2D eigenvalue weighted by atomic mass is 16.5. The Bertz CT molecular complexity index is 311. The summed E-state index contributed by atoms with van der Waals surface area (Å²) in [5.41, 5.74) is 0. The molecule has 1 aromatic heterocycles. The summed E-state index contributed by atoms with van der Waals surface area (Å²) in [5, 5.41) is 7.48. The first-order chi connectivity index (χ1) is 8.17. The van der Waals surface area contributed by atoms with Crippen LogP contribution in [0, 0.1) is 0 Å². The molecule has 5 nitrogen and oxygen atoms in total. The fourth-order valence-electron chi connectivity index (χ4n) is 1.62. The fraction of sp³-hybridized carbons (Fsp3) is 0.833. The lowest BCUT2D eigenvalue weighted by Crippen LogP contribution is -2.34. The number of ether oxygens (including phenoxy) is 1. The van der Waals surface area contributed by atoms with Crippen LogP contribution in [0.2, 0.25) is 0 Å². The van der Waals surface area contributed by atoms with Gasteiger partial charge in [0.25, 0.3) is 0 Å². The van der Waals surface area contributed by atoms with Crippen LogP contribution in [0.25, 0.3) is 0 Å². The van der Waals surface area contributed by atoms with Crippen LogP contribution in [0.1, 0.15) is 33.0 Å². The number of nitrogens with one attached hydrogen (secondary N) is 1. The second-order valence-corrected chi connectivity index (χ2v) is 4.47. The first kappa shape index (κ1) is 14.1. The van der Waals surface area contributed by atoms with Crippen LogP contribution in [0.5, 0.6) is 0 Å². The van der Waals surface area contributed by atoms with Crippen molar-refractivity contribution in [2.24, 2.45) is 0 Å². The van der Waals surface area contributed by atoms with Gasteiger partial charge in [-0.05, 0) is 27.3 Å². The first-order valence-corrected chi connectivity index (χ1v) is 6.32. The van der Waals surface area contributed by atoms with E-state index in [9.17, 15) is 0 Å². The van der Waals surface area contributed by atoms with Crippen molar-refractivity contribution in [1.29, 1.82) is 0 Å². The van der Waals surface area contributed by atoms with E-state index in [-0.39, 0.29) is 12.1 Å². The summed E-state index contributed by atoms with van der Waals surface area (Å²) >= 11 is 0. The Kier molecular flexibility index (Phi) is 6.15. The molecule has 1 rings (SSSR count). The molecular formula is C12H24N4O. The molecule has 0 bridgehead atoms.